The lowest BCUT2D eigenvalue weighted by atomic mass is 10.3. The molecular weight excluding hydrogens is 256 g/mol. The van der Waals surface area contributed by atoms with Crippen molar-refractivity contribution in [2.45, 2.75) is 0 Å². The number of hydrogen-bond acceptors (Lipinski definition) is 6. The molecule has 0 aliphatic rings. The predicted molar refractivity (Wildman–Crippen MR) is 70.6 cm³/mol. The zero-order chi connectivity index (χ0) is 13.9. The first-order valence-corrected chi connectivity index (χ1v) is 5.73. The van der Waals surface area contributed by atoms with E-state index >= 15 is 0 Å². The summed E-state index contributed by atoms with van der Waals surface area (Å²) < 4.78 is 1.52. The van der Waals surface area contributed by atoms with Crippen LogP contribution < -0.4 is 5.32 Å². The van der Waals surface area contributed by atoms with Crippen LogP contribution in [0.15, 0.2) is 36.8 Å². The van der Waals surface area contributed by atoms with Crippen LogP contribution in [-0.2, 0) is 0 Å². The number of nitrogens with one attached hydrogen (secondary N) is 1. The molecule has 0 saturated heterocycles. The molecular formula is C13H8N6O. The van der Waals surface area contributed by atoms with Gasteiger partial charge in [0.05, 0.1) is 6.20 Å². The van der Waals surface area contributed by atoms with Gasteiger partial charge >= 0.3 is 0 Å². The normalized spacial score (nSPS) is 10.2. The molecule has 0 saturated carbocycles. The van der Waals surface area contributed by atoms with E-state index in [1.807, 2.05) is 6.07 Å². The lowest BCUT2D eigenvalue weighted by Crippen LogP contribution is -2.02. The number of aromatic nitrogens is 4. The number of rotatable bonds is 3. The molecule has 0 atom stereocenters. The van der Waals surface area contributed by atoms with Gasteiger partial charge in [0, 0.05) is 18.0 Å². The molecule has 0 radical (unpaired) electrons. The highest BCUT2D eigenvalue weighted by atomic mass is 16.1. The Morgan fingerprint density at radius 3 is 2.85 bits per heavy atom. The first-order valence-electron chi connectivity index (χ1n) is 5.73. The summed E-state index contributed by atoms with van der Waals surface area (Å²) in [7, 11) is 0. The van der Waals surface area contributed by atoms with E-state index < -0.39 is 0 Å². The molecule has 3 rings (SSSR count). The third-order valence-electron chi connectivity index (χ3n) is 2.70. The fourth-order valence-electron chi connectivity index (χ4n) is 1.75. The minimum Gasteiger partial charge on any atom is -0.325 e. The SMILES string of the molecule is N#Cc1cnn2c(Nc3ccc(C=O)cn3)ccnc12. The summed E-state index contributed by atoms with van der Waals surface area (Å²) in [6.07, 6.45) is 5.24. The molecule has 0 unspecified atom stereocenters. The van der Waals surface area contributed by atoms with E-state index in [-0.39, 0.29) is 0 Å². The Bertz CT molecular complexity index is 815. The van der Waals surface area contributed by atoms with Crippen molar-refractivity contribution in [3.63, 3.8) is 0 Å². The third-order valence-corrected chi connectivity index (χ3v) is 2.70. The Hall–Kier alpha value is -3.27. The summed E-state index contributed by atoms with van der Waals surface area (Å²) in [4.78, 5) is 18.8. The highest BCUT2D eigenvalue weighted by Gasteiger charge is 2.08. The Labute approximate surface area is 113 Å². The second kappa shape index (κ2) is 4.78. The Morgan fingerprint density at radius 2 is 2.15 bits per heavy atom. The standard InChI is InChI=1S/C13H8N6O/c14-5-10-7-17-19-12(3-4-15-13(10)19)18-11-2-1-9(8-20)6-16-11/h1-4,6-8H,(H,16,18). The van der Waals surface area contributed by atoms with Gasteiger partial charge in [0.1, 0.15) is 23.3 Å². The van der Waals surface area contributed by atoms with Crippen molar-refractivity contribution in [2.75, 3.05) is 5.32 Å². The highest BCUT2D eigenvalue weighted by molar-refractivity contribution is 5.74. The van der Waals surface area contributed by atoms with Crippen LogP contribution in [0.1, 0.15) is 15.9 Å². The van der Waals surface area contributed by atoms with Crippen LogP contribution in [-0.4, -0.2) is 25.9 Å². The fourth-order valence-corrected chi connectivity index (χ4v) is 1.75. The molecule has 1 N–H and O–H groups in total. The molecule has 0 amide bonds. The highest BCUT2D eigenvalue weighted by Crippen LogP contribution is 2.16. The van der Waals surface area contributed by atoms with Gasteiger partial charge in [-0.05, 0) is 18.2 Å². The first-order chi connectivity index (χ1) is 9.81. The third kappa shape index (κ3) is 1.95. The molecule has 0 aliphatic carbocycles. The zero-order valence-electron chi connectivity index (χ0n) is 10.2. The molecule has 0 aliphatic heterocycles. The van der Waals surface area contributed by atoms with Gasteiger partial charge in [0.25, 0.3) is 0 Å². The number of carbonyl (C=O) groups excluding carboxylic acids is 1. The van der Waals surface area contributed by atoms with Gasteiger partial charge in [0.2, 0.25) is 0 Å². The van der Waals surface area contributed by atoms with E-state index in [9.17, 15) is 4.79 Å². The van der Waals surface area contributed by atoms with Crippen LogP contribution in [0.4, 0.5) is 11.6 Å². The molecule has 0 bridgehead atoms. The number of hydrogen-bond donors (Lipinski definition) is 1. The van der Waals surface area contributed by atoms with E-state index in [0.29, 0.717) is 28.4 Å². The van der Waals surface area contributed by atoms with E-state index in [2.05, 4.69) is 20.4 Å². The first kappa shape index (κ1) is 11.8. The predicted octanol–water partition coefficient (Wildman–Crippen LogP) is 1.55. The number of anilines is 2. The minimum absolute atomic E-state index is 0.401. The van der Waals surface area contributed by atoms with Crippen molar-refractivity contribution in [3.05, 3.63) is 47.9 Å². The molecule has 0 aromatic carbocycles. The fraction of sp³-hybridized carbons (Fsp3) is 0. The molecule has 3 aromatic rings. The van der Waals surface area contributed by atoms with Crippen molar-refractivity contribution in [1.29, 1.82) is 5.26 Å². The van der Waals surface area contributed by atoms with Crippen LogP contribution in [0.5, 0.6) is 0 Å². The molecule has 7 heteroatoms. The monoisotopic (exact) mass is 264 g/mol. The van der Waals surface area contributed by atoms with E-state index in [1.54, 1.807) is 24.4 Å². The van der Waals surface area contributed by atoms with Gasteiger partial charge in [-0.3, -0.25) is 4.79 Å². The maximum atomic E-state index is 10.6. The largest absolute Gasteiger partial charge is 0.325 e. The number of aldehydes is 1. The lowest BCUT2D eigenvalue weighted by molar-refractivity contribution is 0.112. The molecule has 96 valence electrons. The summed E-state index contributed by atoms with van der Waals surface area (Å²) in [6.45, 7) is 0. The van der Waals surface area contributed by atoms with Crippen molar-refractivity contribution in [3.8, 4) is 6.07 Å². The van der Waals surface area contributed by atoms with Crippen molar-refractivity contribution in [1.82, 2.24) is 19.6 Å². The van der Waals surface area contributed by atoms with E-state index in [1.165, 1.54) is 16.9 Å². The number of nitriles is 1. The minimum atomic E-state index is 0.401. The molecule has 0 fully saturated rings. The van der Waals surface area contributed by atoms with Crippen LogP contribution in [0.3, 0.4) is 0 Å². The van der Waals surface area contributed by atoms with Gasteiger partial charge in [-0.1, -0.05) is 0 Å². The van der Waals surface area contributed by atoms with E-state index in [0.717, 1.165) is 6.29 Å². The second-order valence-electron chi connectivity index (χ2n) is 3.96. The van der Waals surface area contributed by atoms with Crippen LogP contribution in [0.2, 0.25) is 0 Å². The van der Waals surface area contributed by atoms with Crippen LogP contribution in [0.25, 0.3) is 5.65 Å². The van der Waals surface area contributed by atoms with Gasteiger partial charge in [-0.2, -0.15) is 14.9 Å². The average Bonchev–Trinajstić information content (AvgIpc) is 2.92. The molecule has 3 aromatic heterocycles. The average molecular weight is 264 g/mol. The Kier molecular flexibility index (Phi) is 2.82. The summed E-state index contributed by atoms with van der Waals surface area (Å²) in [5, 5.41) is 16.1. The summed E-state index contributed by atoms with van der Waals surface area (Å²) >= 11 is 0. The number of fused-ring (bicyclic) bond motifs is 1. The molecule has 0 spiro atoms. The molecule has 7 nitrogen and oxygen atoms in total. The number of pyridine rings is 1. The summed E-state index contributed by atoms with van der Waals surface area (Å²) in [6, 6.07) is 7.09. The Morgan fingerprint density at radius 1 is 1.25 bits per heavy atom. The van der Waals surface area contributed by atoms with Gasteiger partial charge in [0.15, 0.2) is 11.9 Å². The lowest BCUT2D eigenvalue weighted by Gasteiger charge is -2.06. The van der Waals surface area contributed by atoms with Crippen LogP contribution in [0, 0.1) is 11.3 Å². The Balaban J connectivity index is 2.00. The zero-order valence-corrected chi connectivity index (χ0v) is 10.2. The van der Waals surface area contributed by atoms with Crippen LogP contribution >= 0.6 is 0 Å². The van der Waals surface area contributed by atoms with Gasteiger partial charge in [-0.25, -0.2) is 9.97 Å². The quantitative estimate of drug-likeness (QED) is 0.721. The topological polar surface area (TPSA) is 96.0 Å². The summed E-state index contributed by atoms with van der Waals surface area (Å²) in [5.41, 5.74) is 1.38. The molecule has 20 heavy (non-hydrogen) atoms. The maximum Gasteiger partial charge on any atom is 0.175 e. The summed E-state index contributed by atoms with van der Waals surface area (Å²) in [5.74, 6) is 1.19. The van der Waals surface area contributed by atoms with Crippen molar-refractivity contribution in [2.24, 2.45) is 0 Å². The van der Waals surface area contributed by atoms with Gasteiger partial charge < -0.3 is 5.32 Å². The number of carbonyl (C=O) groups is 1. The van der Waals surface area contributed by atoms with Crippen molar-refractivity contribution < 1.29 is 4.79 Å². The molecule has 3 heterocycles. The smallest absolute Gasteiger partial charge is 0.175 e. The van der Waals surface area contributed by atoms with Crippen molar-refractivity contribution >= 4 is 23.6 Å². The second-order valence-corrected chi connectivity index (χ2v) is 3.96. The van der Waals surface area contributed by atoms with Gasteiger partial charge in [-0.15, -0.1) is 0 Å². The maximum absolute atomic E-state index is 10.6. The number of nitrogens with zero attached hydrogens (tertiary/aromatic N) is 5. The van der Waals surface area contributed by atoms with E-state index in [4.69, 9.17) is 5.26 Å².